The second-order valence-corrected chi connectivity index (χ2v) is 3.05. The quantitative estimate of drug-likeness (QED) is 0.507. The number of nitrogens with two attached hydrogens (primary N) is 1. The van der Waals surface area contributed by atoms with Crippen LogP contribution in [0.25, 0.3) is 0 Å². The molecule has 0 aromatic heterocycles. The average Bonchev–Trinajstić information content (AvgIpc) is 1.64. The van der Waals surface area contributed by atoms with Crippen molar-refractivity contribution >= 4 is 24.8 Å². The number of halogens is 2. The van der Waals surface area contributed by atoms with E-state index in [2.05, 4.69) is 12.3 Å². The van der Waals surface area contributed by atoms with Crippen LogP contribution in [-0.4, -0.2) is 6.54 Å². The molecule has 0 aromatic carbocycles. The van der Waals surface area contributed by atoms with Crippen molar-refractivity contribution in [1.29, 1.82) is 0 Å². The summed E-state index contributed by atoms with van der Waals surface area (Å²) >= 11 is 0. The fraction of sp³-hybridized carbons (Fsp3) is 1.00. The molecular formula is C6H16Cl2N2. The Morgan fingerprint density at radius 3 is 2.00 bits per heavy atom. The van der Waals surface area contributed by atoms with E-state index < -0.39 is 0 Å². The number of hydrazine groups is 1. The summed E-state index contributed by atoms with van der Waals surface area (Å²) in [5.74, 6) is 5.17. The monoisotopic (exact) mass is 186 g/mol. The SMILES string of the molecule is CC1(CNN)CCC1.Cl.Cl. The van der Waals surface area contributed by atoms with E-state index in [0.717, 1.165) is 6.54 Å². The van der Waals surface area contributed by atoms with E-state index in [-0.39, 0.29) is 24.8 Å². The van der Waals surface area contributed by atoms with E-state index in [0.29, 0.717) is 5.41 Å². The van der Waals surface area contributed by atoms with Gasteiger partial charge in [-0.05, 0) is 18.3 Å². The zero-order valence-corrected chi connectivity index (χ0v) is 7.86. The normalized spacial score (nSPS) is 19.8. The molecule has 0 heterocycles. The molecule has 0 radical (unpaired) electrons. The zero-order chi connectivity index (χ0) is 6.04. The third-order valence-corrected chi connectivity index (χ3v) is 2.09. The van der Waals surface area contributed by atoms with E-state index in [1.54, 1.807) is 0 Å². The van der Waals surface area contributed by atoms with E-state index in [9.17, 15) is 0 Å². The Morgan fingerprint density at radius 2 is 1.90 bits per heavy atom. The molecule has 4 heteroatoms. The van der Waals surface area contributed by atoms with Crippen molar-refractivity contribution in [2.45, 2.75) is 26.2 Å². The highest BCUT2D eigenvalue weighted by Crippen LogP contribution is 2.39. The van der Waals surface area contributed by atoms with Crippen molar-refractivity contribution in [3.05, 3.63) is 0 Å². The van der Waals surface area contributed by atoms with Crippen LogP contribution in [0.5, 0.6) is 0 Å². The lowest BCUT2D eigenvalue weighted by Crippen LogP contribution is -2.40. The second kappa shape index (κ2) is 5.19. The van der Waals surface area contributed by atoms with Crippen molar-refractivity contribution in [1.82, 2.24) is 5.43 Å². The van der Waals surface area contributed by atoms with Crippen LogP contribution in [-0.2, 0) is 0 Å². The van der Waals surface area contributed by atoms with Crippen molar-refractivity contribution in [3.8, 4) is 0 Å². The Bertz CT molecular complexity index is 83.8. The molecule has 0 aromatic rings. The Morgan fingerprint density at radius 1 is 1.40 bits per heavy atom. The number of rotatable bonds is 2. The first-order valence-electron chi connectivity index (χ1n) is 3.20. The fourth-order valence-corrected chi connectivity index (χ4v) is 1.20. The van der Waals surface area contributed by atoms with E-state index in [1.807, 2.05) is 0 Å². The summed E-state index contributed by atoms with van der Waals surface area (Å²) in [7, 11) is 0. The third kappa shape index (κ3) is 3.06. The lowest BCUT2D eigenvalue weighted by atomic mass is 9.71. The molecule has 1 aliphatic carbocycles. The largest absolute Gasteiger partial charge is 0.271 e. The molecule has 0 spiro atoms. The van der Waals surface area contributed by atoms with Crippen LogP contribution in [0.15, 0.2) is 0 Å². The van der Waals surface area contributed by atoms with Crippen LogP contribution in [0.1, 0.15) is 26.2 Å². The topological polar surface area (TPSA) is 38.0 Å². The highest BCUT2D eigenvalue weighted by atomic mass is 35.5. The summed E-state index contributed by atoms with van der Waals surface area (Å²) in [6.45, 7) is 3.25. The summed E-state index contributed by atoms with van der Waals surface area (Å²) in [5.41, 5.74) is 3.25. The van der Waals surface area contributed by atoms with Crippen molar-refractivity contribution in [3.63, 3.8) is 0 Å². The van der Waals surface area contributed by atoms with Gasteiger partial charge in [-0.2, -0.15) is 0 Å². The molecule has 0 aliphatic heterocycles. The van der Waals surface area contributed by atoms with Gasteiger partial charge in [0, 0.05) is 6.54 Å². The van der Waals surface area contributed by atoms with Crippen LogP contribution in [0.2, 0.25) is 0 Å². The summed E-state index contributed by atoms with van der Waals surface area (Å²) in [6, 6.07) is 0. The lowest BCUT2D eigenvalue weighted by Gasteiger charge is -2.37. The van der Waals surface area contributed by atoms with Gasteiger partial charge in [0.15, 0.2) is 0 Å². The summed E-state index contributed by atoms with van der Waals surface area (Å²) in [6.07, 6.45) is 4.08. The molecule has 0 atom stereocenters. The van der Waals surface area contributed by atoms with Gasteiger partial charge in [-0.1, -0.05) is 13.3 Å². The lowest BCUT2D eigenvalue weighted by molar-refractivity contribution is 0.157. The Labute approximate surface area is 74.7 Å². The minimum Gasteiger partial charge on any atom is -0.271 e. The highest BCUT2D eigenvalue weighted by molar-refractivity contribution is 5.85. The van der Waals surface area contributed by atoms with Gasteiger partial charge in [0.2, 0.25) is 0 Å². The first-order chi connectivity index (χ1) is 3.77. The van der Waals surface area contributed by atoms with Crippen LogP contribution >= 0.6 is 24.8 Å². The van der Waals surface area contributed by atoms with Crippen LogP contribution < -0.4 is 11.3 Å². The van der Waals surface area contributed by atoms with Gasteiger partial charge in [0.25, 0.3) is 0 Å². The van der Waals surface area contributed by atoms with Gasteiger partial charge < -0.3 is 0 Å². The predicted octanol–water partition coefficient (Wildman–Crippen LogP) is 1.48. The van der Waals surface area contributed by atoms with Gasteiger partial charge in [-0.3, -0.25) is 11.3 Å². The molecule has 0 saturated heterocycles. The molecule has 64 valence electrons. The molecule has 0 unspecified atom stereocenters. The second-order valence-electron chi connectivity index (χ2n) is 3.05. The highest BCUT2D eigenvalue weighted by Gasteiger charge is 2.30. The zero-order valence-electron chi connectivity index (χ0n) is 6.22. The van der Waals surface area contributed by atoms with Gasteiger partial charge in [-0.25, -0.2) is 0 Å². The third-order valence-electron chi connectivity index (χ3n) is 2.09. The molecule has 10 heavy (non-hydrogen) atoms. The molecule has 2 nitrogen and oxygen atoms in total. The fourth-order valence-electron chi connectivity index (χ4n) is 1.20. The predicted molar refractivity (Wildman–Crippen MR) is 48.6 cm³/mol. The van der Waals surface area contributed by atoms with Crippen molar-refractivity contribution < 1.29 is 0 Å². The summed E-state index contributed by atoms with van der Waals surface area (Å²) in [5, 5.41) is 0. The maximum atomic E-state index is 5.17. The van der Waals surface area contributed by atoms with E-state index in [4.69, 9.17) is 5.84 Å². The first kappa shape index (κ1) is 13.1. The minimum absolute atomic E-state index is 0. The van der Waals surface area contributed by atoms with Crippen LogP contribution in [0, 0.1) is 5.41 Å². The van der Waals surface area contributed by atoms with Gasteiger partial charge >= 0.3 is 0 Å². The van der Waals surface area contributed by atoms with Crippen molar-refractivity contribution in [2.75, 3.05) is 6.54 Å². The molecule has 1 rings (SSSR count). The van der Waals surface area contributed by atoms with Crippen LogP contribution in [0.3, 0.4) is 0 Å². The maximum absolute atomic E-state index is 5.17. The van der Waals surface area contributed by atoms with E-state index >= 15 is 0 Å². The number of hydrogen-bond acceptors (Lipinski definition) is 2. The summed E-state index contributed by atoms with van der Waals surface area (Å²) < 4.78 is 0. The van der Waals surface area contributed by atoms with Crippen molar-refractivity contribution in [2.24, 2.45) is 11.3 Å². The first-order valence-corrected chi connectivity index (χ1v) is 3.20. The standard InChI is InChI=1S/C6H14N2.2ClH/c1-6(5-8-7)3-2-4-6;;/h8H,2-5,7H2,1H3;2*1H. The van der Waals surface area contributed by atoms with Gasteiger partial charge in [0.1, 0.15) is 0 Å². The number of hydrogen-bond donors (Lipinski definition) is 2. The maximum Gasteiger partial charge on any atom is 0.0151 e. The average molecular weight is 187 g/mol. The molecule has 1 saturated carbocycles. The Hall–Kier alpha value is 0.500. The molecule has 1 aliphatic rings. The molecule has 0 bridgehead atoms. The number of nitrogens with one attached hydrogen (secondary N) is 1. The molecular weight excluding hydrogens is 171 g/mol. The summed E-state index contributed by atoms with van der Waals surface area (Å²) in [4.78, 5) is 0. The van der Waals surface area contributed by atoms with Gasteiger partial charge in [0.05, 0.1) is 0 Å². The van der Waals surface area contributed by atoms with Crippen LogP contribution in [0.4, 0.5) is 0 Å². The Kier molecular flexibility index (Phi) is 6.81. The molecule has 3 N–H and O–H groups in total. The molecule has 0 amide bonds. The van der Waals surface area contributed by atoms with E-state index in [1.165, 1.54) is 19.3 Å². The molecule has 1 fully saturated rings. The van der Waals surface area contributed by atoms with Gasteiger partial charge in [-0.15, -0.1) is 24.8 Å². The smallest absolute Gasteiger partial charge is 0.0151 e. The Balaban J connectivity index is 0. The minimum atomic E-state index is 0.